The molecule has 0 unspecified atom stereocenters. The number of carbonyl (C=O) groups is 3. The number of benzene rings is 3. The van der Waals surface area contributed by atoms with Gasteiger partial charge in [-0.2, -0.15) is 15.3 Å². The third kappa shape index (κ3) is 18.4. The first-order chi connectivity index (χ1) is 52.8. The third-order valence-electron chi connectivity index (χ3n) is 20.4. The molecule has 3 aliphatic heterocycles. The average Bonchev–Trinajstić information content (AvgIpc) is 1.75. The maximum absolute atomic E-state index is 13.0. The summed E-state index contributed by atoms with van der Waals surface area (Å²) in [6.07, 6.45) is 19.7. The molecule has 0 spiro atoms. The number of amides is 3. The van der Waals surface area contributed by atoms with E-state index in [-0.39, 0.29) is 23.3 Å². The van der Waals surface area contributed by atoms with E-state index in [4.69, 9.17) is 0 Å². The highest BCUT2D eigenvalue weighted by Gasteiger charge is 2.32. The highest BCUT2D eigenvalue weighted by Crippen LogP contribution is 2.34. The minimum absolute atomic E-state index is 0.0822. The summed E-state index contributed by atoms with van der Waals surface area (Å²) in [5.41, 5.74) is 17.0. The van der Waals surface area contributed by atoms with Gasteiger partial charge in [-0.15, -0.1) is 0 Å². The zero-order valence-electron chi connectivity index (χ0n) is 63.2. The van der Waals surface area contributed by atoms with E-state index in [1.165, 1.54) is 27.8 Å². The van der Waals surface area contributed by atoms with Crippen molar-refractivity contribution in [3.8, 4) is 35.5 Å². The summed E-state index contributed by atoms with van der Waals surface area (Å²) >= 11 is 0. The molecule has 2 atom stereocenters. The number of nitrogens with one attached hydrogen (secondary N) is 3. The summed E-state index contributed by atoms with van der Waals surface area (Å²) in [5, 5.41) is 21.8. The number of hydrogen-bond acceptors (Lipinski definition) is 18. The number of carbonyl (C=O) groups excluding carboxylic acids is 3. The van der Waals surface area contributed by atoms with Gasteiger partial charge in [-0.25, -0.2) is 28.5 Å². The summed E-state index contributed by atoms with van der Waals surface area (Å²) in [4.78, 5) is 79.1. The molecule has 15 rings (SSSR count). The normalized spacial score (nSPS) is 15.1. The lowest BCUT2D eigenvalue weighted by molar-refractivity contribution is 0.0603. The van der Waals surface area contributed by atoms with Crippen molar-refractivity contribution in [1.82, 2.24) is 88.1 Å². The molecule has 0 radical (unpaired) electrons. The van der Waals surface area contributed by atoms with Gasteiger partial charge in [0.25, 0.3) is 17.7 Å². The first-order valence-electron chi connectivity index (χ1n) is 36.6. The van der Waals surface area contributed by atoms with Gasteiger partial charge in [0.15, 0.2) is 16.9 Å². The fraction of sp³-hybridized carbons (Fsp3) is 0.294. The van der Waals surface area contributed by atoms with E-state index in [2.05, 4.69) is 214 Å². The van der Waals surface area contributed by atoms with E-state index < -0.39 is 0 Å². The quantitative estimate of drug-likeness (QED) is 0.0965. The van der Waals surface area contributed by atoms with Gasteiger partial charge in [-0.3, -0.25) is 44.0 Å². The Morgan fingerprint density at radius 3 is 1.06 bits per heavy atom. The summed E-state index contributed by atoms with van der Waals surface area (Å²) in [6, 6.07) is 35.4. The van der Waals surface area contributed by atoms with Gasteiger partial charge in [0.05, 0.1) is 35.3 Å². The minimum atomic E-state index is -0.224. The van der Waals surface area contributed by atoms with Crippen LogP contribution >= 0.6 is 0 Å². The summed E-state index contributed by atoms with van der Waals surface area (Å²) < 4.78 is 5.02. The van der Waals surface area contributed by atoms with Crippen molar-refractivity contribution in [2.75, 3.05) is 116 Å². The molecule has 3 saturated heterocycles. The SMILES string of the molecule is Cc1cc(NC(=O)c2cncc(C#Cc3cnc4cccnn34)c2)ccc1C(C)(C)N1CCN(C)CC1.Cc1cc(NC(=O)c2cncc(C#Cc3cnc4cccnn34)c2)ccc1[C@@H](C)N1CCN(C)CC1.Cc1cc(NC(=O)c2cncc(C#Cc3cnc4cccnn34)c2)ccc1[C@H](C)N1CCN(C)CC1. The number of hydrogen-bond donors (Lipinski definition) is 3. The number of anilines is 3. The van der Waals surface area contributed by atoms with Crippen LogP contribution in [0.15, 0.2) is 184 Å². The maximum Gasteiger partial charge on any atom is 0.257 e. The zero-order valence-corrected chi connectivity index (χ0v) is 63.2. The molecule has 3 aliphatic rings. The largest absolute Gasteiger partial charge is 0.322 e. The van der Waals surface area contributed by atoms with Crippen molar-refractivity contribution in [3.63, 3.8) is 0 Å². The molecule has 9 aromatic heterocycles. The molecule has 12 heterocycles. The highest BCUT2D eigenvalue weighted by molar-refractivity contribution is 6.05. The van der Waals surface area contributed by atoms with Gasteiger partial charge in [0.1, 0.15) is 17.1 Å². The smallest absolute Gasteiger partial charge is 0.257 e. The molecule has 12 aromatic rings. The maximum atomic E-state index is 13.0. The van der Waals surface area contributed by atoms with Gasteiger partial charge < -0.3 is 30.7 Å². The molecule has 0 saturated carbocycles. The number of aromatic nitrogens is 12. The predicted octanol–water partition coefficient (Wildman–Crippen LogP) is 10.4. The Kier molecular flexibility index (Phi) is 23.5. The molecule has 3 aromatic carbocycles. The van der Waals surface area contributed by atoms with E-state index in [9.17, 15) is 14.4 Å². The molecular weight excluding hydrogens is 1360 g/mol. The number of nitrogens with zero attached hydrogens (tertiary/aromatic N) is 18. The Morgan fingerprint density at radius 1 is 0.394 bits per heavy atom. The lowest BCUT2D eigenvalue weighted by Gasteiger charge is -2.44. The number of likely N-dealkylation sites (N-methyl/N-ethyl adjacent to an activating group) is 3. The minimum Gasteiger partial charge on any atom is -0.322 e. The molecule has 24 heteroatoms. The Morgan fingerprint density at radius 2 is 0.725 bits per heavy atom. The predicted molar refractivity (Wildman–Crippen MR) is 424 cm³/mol. The van der Waals surface area contributed by atoms with Crippen LogP contribution < -0.4 is 16.0 Å². The third-order valence-corrected chi connectivity index (χ3v) is 20.4. The molecule has 3 amide bonds. The summed E-state index contributed by atoms with van der Waals surface area (Å²) in [6.45, 7) is 28.2. The van der Waals surface area contributed by atoms with Gasteiger partial charge in [-0.05, 0) is 212 Å². The molecule has 0 aliphatic carbocycles. The second-order valence-electron chi connectivity index (χ2n) is 28.4. The van der Waals surface area contributed by atoms with Crippen LogP contribution in [0.4, 0.5) is 17.1 Å². The Bertz CT molecular complexity index is 5270. The van der Waals surface area contributed by atoms with Crippen LogP contribution in [0.1, 0.15) is 138 Å². The molecular formula is C85H89N21O3. The molecule has 3 N–H and O–H groups in total. The molecule has 109 heavy (non-hydrogen) atoms. The van der Waals surface area contributed by atoms with Crippen molar-refractivity contribution in [2.45, 2.75) is 66.1 Å². The summed E-state index contributed by atoms with van der Waals surface area (Å²) in [5.74, 6) is 17.7. The average molecular weight is 1450 g/mol. The van der Waals surface area contributed by atoms with Crippen LogP contribution in [-0.4, -0.2) is 206 Å². The van der Waals surface area contributed by atoms with Crippen LogP contribution in [0.3, 0.4) is 0 Å². The monoisotopic (exact) mass is 1450 g/mol. The zero-order chi connectivity index (χ0) is 76.1. The van der Waals surface area contributed by atoms with Gasteiger partial charge in [0, 0.05) is 186 Å². The number of imidazole rings is 3. The number of aryl methyl sites for hydroxylation is 3. The fourth-order valence-corrected chi connectivity index (χ4v) is 13.9. The van der Waals surface area contributed by atoms with Gasteiger partial charge in [-0.1, -0.05) is 36.0 Å². The van der Waals surface area contributed by atoms with E-state index in [0.717, 1.165) is 118 Å². The Hall–Kier alpha value is -12.2. The molecule has 0 bridgehead atoms. The van der Waals surface area contributed by atoms with E-state index >= 15 is 0 Å². The molecule has 552 valence electrons. The van der Waals surface area contributed by atoms with Gasteiger partial charge in [0.2, 0.25) is 0 Å². The van der Waals surface area contributed by atoms with E-state index in [0.29, 0.717) is 62.5 Å². The number of piperazine rings is 3. The Balaban J connectivity index is 0.000000144. The number of pyridine rings is 3. The first-order valence-corrected chi connectivity index (χ1v) is 36.6. The first kappa shape index (κ1) is 75.1. The van der Waals surface area contributed by atoms with Crippen LogP contribution in [0, 0.1) is 56.3 Å². The van der Waals surface area contributed by atoms with Crippen molar-refractivity contribution < 1.29 is 14.4 Å². The molecule has 24 nitrogen and oxygen atoms in total. The van der Waals surface area contributed by atoms with Crippen molar-refractivity contribution in [3.05, 3.63) is 267 Å². The van der Waals surface area contributed by atoms with E-state index in [1.807, 2.05) is 72.8 Å². The number of rotatable bonds is 12. The van der Waals surface area contributed by atoms with Crippen LogP contribution in [0.2, 0.25) is 0 Å². The van der Waals surface area contributed by atoms with Crippen LogP contribution in [0.5, 0.6) is 0 Å². The van der Waals surface area contributed by atoms with Crippen molar-refractivity contribution in [2.24, 2.45) is 0 Å². The lowest BCUT2D eigenvalue weighted by Crippen LogP contribution is -2.52. The second kappa shape index (κ2) is 34.2. The van der Waals surface area contributed by atoms with Gasteiger partial charge >= 0.3 is 0 Å². The molecule has 3 fully saturated rings. The Labute approximate surface area is 635 Å². The second-order valence-corrected chi connectivity index (χ2v) is 28.4. The standard InChI is InChI=1S/C29H31N7O.2C28H29N7O/c1-21-16-24(8-10-26(21)29(2,3)35-14-12-34(4)13-15-35)33-28(37)23-17-22(18-30-19-23)7-9-25-20-31-27-6-5-11-32-36(25)27;2*1-20-15-24(7-9-26(20)21(2)34-13-11-33(3)12-14-34)32-28(36)23-16-22(17-29-18-23)6-8-25-19-30-27-5-4-10-31-35(25)27/h5-6,8,10-11,16-20H,12-15H2,1-4H3,(H,33,37);2*4-5,7,9-10,15-19,21H,11-14H2,1-3H3,(H,32,36)/t;2*21-/m.10/s1. The topological polar surface area (TPSA) is 236 Å². The van der Waals surface area contributed by atoms with Crippen LogP contribution in [0.25, 0.3) is 16.9 Å². The van der Waals surface area contributed by atoms with Crippen molar-refractivity contribution in [1.29, 1.82) is 0 Å². The number of fused-ring (bicyclic) bond motifs is 3. The highest BCUT2D eigenvalue weighted by atomic mass is 16.2. The van der Waals surface area contributed by atoms with Crippen molar-refractivity contribution >= 4 is 51.7 Å². The summed E-state index contributed by atoms with van der Waals surface area (Å²) in [7, 11) is 6.51. The lowest BCUT2D eigenvalue weighted by atomic mass is 9.88. The fourth-order valence-electron chi connectivity index (χ4n) is 13.9. The van der Waals surface area contributed by atoms with E-state index in [1.54, 1.807) is 106 Å². The van der Waals surface area contributed by atoms with Crippen LogP contribution in [-0.2, 0) is 5.54 Å².